The van der Waals surface area contributed by atoms with Crippen molar-refractivity contribution in [1.29, 1.82) is 0 Å². The van der Waals surface area contributed by atoms with Gasteiger partial charge in [-0.3, -0.25) is 4.98 Å². The van der Waals surface area contributed by atoms with Crippen LogP contribution >= 0.6 is 11.3 Å². The second-order valence-electron chi connectivity index (χ2n) is 13.0. The van der Waals surface area contributed by atoms with Crippen molar-refractivity contribution in [2.45, 2.75) is 126 Å². The quantitative estimate of drug-likeness (QED) is 0.141. The van der Waals surface area contributed by atoms with E-state index >= 15 is 0 Å². The topological polar surface area (TPSA) is 174 Å². The molecule has 2 aliphatic carbocycles. The highest BCUT2D eigenvalue weighted by Crippen LogP contribution is 2.40. The monoisotopic (exact) mass is 674 g/mol. The SMILES string of the molecule is C#C.CC.CO.C[C@@H]1CC(C(C)(C)O)C[C@H]1OC(C)(C)O.C[C@@H]1CCC[C@@H]1C.Cc1nc(N)nc(N)c1-c1nc2c(C)nccc2s1. The second kappa shape index (κ2) is 20.5. The molecule has 0 saturated heterocycles. The third kappa shape index (κ3) is 14.0. The Balaban J connectivity index is 0.000000672. The first-order valence-electron chi connectivity index (χ1n) is 16.5. The summed E-state index contributed by atoms with van der Waals surface area (Å²) < 4.78 is 6.65. The van der Waals surface area contributed by atoms with Crippen molar-refractivity contribution in [3.8, 4) is 23.4 Å². The van der Waals surface area contributed by atoms with E-state index in [1.54, 1.807) is 31.4 Å². The minimum atomic E-state index is -1.08. The highest BCUT2D eigenvalue weighted by Gasteiger charge is 2.41. The lowest BCUT2D eigenvalue weighted by Gasteiger charge is -2.27. The number of nitrogen functional groups attached to an aromatic ring is 2. The molecule has 0 aromatic carbocycles. The molecule has 0 spiro atoms. The fourth-order valence-corrected chi connectivity index (χ4v) is 6.74. The number of rotatable bonds is 4. The fraction of sp³-hybridized carbons (Fsp3) is 0.667. The number of aryl methyl sites for hydroxylation is 2. The zero-order chi connectivity index (χ0) is 36.7. The van der Waals surface area contributed by atoms with Crippen LogP contribution in [-0.2, 0) is 4.74 Å². The van der Waals surface area contributed by atoms with Crippen molar-refractivity contribution >= 4 is 33.3 Å². The number of aliphatic hydroxyl groups excluding tert-OH is 1. The van der Waals surface area contributed by atoms with Crippen molar-refractivity contribution in [2.24, 2.45) is 23.7 Å². The molecule has 0 bridgehead atoms. The van der Waals surface area contributed by atoms with Crippen molar-refractivity contribution in [3.63, 3.8) is 0 Å². The smallest absolute Gasteiger partial charge is 0.222 e. The molecule has 0 radical (unpaired) electrons. The summed E-state index contributed by atoms with van der Waals surface area (Å²) in [7, 11) is 1.00. The third-order valence-corrected chi connectivity index (χ3v) is 9.41. The molecule has 1 unspecified atom stereocenters. The first-order chi connectivity index (χ1) is 22.0. The molecule has 5 rings (SSSR count). The Morgan fingerprint density at radius 3 is 1.83 bits per heavy atom. The fourth-order valence-electron chi connectivity index (χ4n) is 5.62. The van der Waals surface area contributed by atoms with Crippen LogP contribution in [0, 0.1) is 50.4 Å². The van der Waals surface area contributed by atoms with E-state index in [9.17, 15) is 10.2 Å². The molecule has 7 N–H and O–H groups in total. The van der Waals surface area contributed by atoms with Gasteiger partial charge in [0.25, 0.3) is 0 Å². The van der Waals surface area contributed by atoms with Gasteiger partial charge in [-0.25, -0.2) is 9.97 Å². The van der Waals surface area contributed by atoms with Crippen LogP contribution in [-0.4, -0.2) is 59.9 Å². The van der Waals surface area contributed by atoms with E-state index in [4.69, 9.17) is 21.3 Å². The Morgan fingerprint density at radius 1 is 0.872 bits per heavy atom. The van der Waals surface area contributed by atoms with E-state index in [0.29, 0.717) is 11.7 Å². The van der Waals surface area contributed by atoms with Crippen LogP contribution in [0.3, 0.4) is 0 Å². The summed E-state index contributed by atoms with van der Waals surface area (Å²) in [5.74, 6) is 2.15. The molecule has 3 heterocycles. The van der Waals surface area contributed by atoms with Crippen LogP contribution < -0.4 is 11.5 Å². The maximum atomic E-state index is 9.93. The Hall–Kier alpha value is -2.88. The number of fused-ring (bicyclic) bond motifs is 1. The Labute approximate surface area is 287 Å². The normalized spacial score (nSPS) is 21.7. The molecule has 2 saturated carbocycles. The first kappa shape index (κ1) is 44.1. The van der Waals surface area contributed by atoms with Gasteiger partial charge in [-0.1, -0.05) is 53.9 Å². The van der Waals surface area contributed by atoms with Crippen molar-refractivity contribution in [3.05, 3.63) is 23.7 Å². The van der Waals surface area contributed by atoms with Gasteiger partial charge in [0.2, 0.25) is 5.95 Å². The van der Waals surface area contributed by atoms with Crippen LogP contribution in [0.25, 0.3) is 20.8 Å². The maximum absolute atomic E-state index is 9.93. The number of nitrogens with zero attached hydrogens (tertiary/aromatic N) is 4. The highest BCUT2D eigenvalue weighted by molar-refractivity contribution is 7.21. The Morgan fingerprint density at radius 2 is 1.43 bits per heavy atom. The number of aliphatic hydroxyl groups is 3. The number of nitrogens with two attached hydrogens (primary N) is 2. The van der Waals surface area contributed by atoms with Gasteiger partial charge in [-0.2, -0.15) is 4.98 Å². The molecule has 2 fully saturated rings. The molecule has 3 aromatic rings. The number of hydrogen-bond acceptors (Lipinski definition) is 11. The predicted molar refractivity (Wildman–Crippen MR) is 198 cm³/mol. The lowest BCUT2D eigenvalue weighted by molar-refractivity contribution is -0.212. The lowest BCUT2D eigenvalue weighted by atomic mass is 9.89. The molecule has 5 atom stereocenters. The molecule has 47 heavy (non-hydrogen) atoms. The molecule has 2 aliphatic rings. The van der Waals surface area contributed by atoms with Crippen LogP contribution in [0.4, 0.5) is 11.8 Å². The Kier molecular flexibility index (Phi) is 19.2. The molecule has 0 aliphatic heterocycles. The summed E-state index contributed by atoms with van der Waals surface area (Å²) in [5, 5.41) is 27.3. The van der Waals surface area contributed by atoms with Crippen LogP contribution in [0.15, 0.2) is 12.3 Å². The van der Waals surface area contributed by atoms with Gasteiger partial charge in [0.05, 0.1) is 33.4 Å². The number of thiazole rings is 1. The van der Waals surface area contributed by atoms with Crippen LogP contribution in [0.1, 0.15) is 106 Å². The summed E-state index contributed by atoms with van der Waals surface area (Å²) in [6, 6.07) is 1.94. The minimum absolute atomic E-state index is 0.0569. The first-order valence-corrected chi connectivity index (χ1v) is 17.3. The number of ether oxygens (including phenoxy) is 1. The van der Waals surface area contributed by atoms with Crippen molar-refractivity contribution < 1.29 is 20.1 Å². The lowest BCUT2D eigenvalue weighted by Crippen LogP contribution is -2.33. The number of hydrogen-bond donors (Lipinski definition) is 5. The zero-order valence-electron chi connectivity index (χ0n) is 30.8. The van der Waals surface area contributed by atoms with E-state index in [0.717, 1.165) is 64.0 Å². The molecule has 3 aromatic heterocycles. The van der Waals surface area contributed by atoms with E-state index in [-0.39, 0.29) is 18.0 Å². The van der Waals surface area contributed by atoms with Crippen molar-refractivity contribution in [2.75, 3.05) is 18.6 Å². The molecule has 11 heteroatoms. The van der Waals surface area contributed by atoms with E-state index in [1.165, 1.54) is 19.3 Å². The van der Waals surface area contributed by atoms with E-state index in [2.05, 4.69) is 53.6 Å². The third-order valence-electron chi connectivity index (χ3n) is 8.38. The average Bonchev–Trinajstić information content (AvgIpc) is 3.70. The van der Waals surface area contributed by atoms with Crippen LogP contribution in [0.2, 0.25) is 0 Å². The van der Waals surface area contributed by atoms with Crippen molar-refractivity contribution in [1.82, 2.24) is 19.9 Å². The number of aromatic nitrogens is 4. The molecular weight excluding hydrogens is 613 g/mol. The number of anilines is 2. The van der Waals surface area contributed by atoms with Gasteiger partial charge in [-0.05, 0) is 84.1 Å². The zero-order valence-corrected chi connectivity index (χ0v) is 31.6. The van der Waals surface area contributed by atoms with Gasteiger partial charge in [0.1, 0.15) is 16.3 Å². The predicted octanol–water partition coefficient (Wildman–Crippen LogP) is 7.17. The van der Waals surface area contributed by atoms with E-state index < -0.39 is 11.4 Å². The summed E-state index contributed by atoms with van der Waals surface area (Å²) >= 11 is 1.55. The van der Waals surface area contributed by atoms with Gasteiger partial charge in [-0.15, -0.1) is 24.2 Å². The summed E-state index contributed by atoms with van der Waals surface area (Å²) in [6.45, 7) is 21.6. The second-order valence-corrected chi connectivity index (χ2v) is 14.0. The summed E-state index contributed by atoms with van der Waals surface area (Å²) in [6.07, 6.45) is 16.0. The summed E-state index contributed by atoms with van der Waals surface area (Å²) in [4.78, 5) is 17.0. The van der Waals surface area contributed by atoms with Crippen LogP contribution in [0.5, 0.6) is 0 Å². The van der Waals surface area contributed by atoms with E-state index in [1.807, 2.05) is 47.6 Å². The standard InChI is InChI=1S/C12H12N6S.C12H24O3.C7H14.C2H6.C2H2.CH4O/c1-5-8(10(13)18-12(14)16-5)11-17-9-6(2)15-4-3-7(9)19-11;1-8-6-9(11(2,3)13)7-10(8)15-12(4,5)14;1-6-4-3-5-7(6)2;3*1-2/h3-4H,1-2H3,(H4,13,14,16,18);8-10,13-14H,6-7H2,1-5H3;6-7H,3-5H2,1-2H3;1-2H3;1-2H;2H,1H3/t;8-,9?,10-;6-,7+;;;/m.1..../s1. The van der Waals surface area contributed by atoms with Gasteiger partial charge < -0.3 is 31.5 Å². The minimum Gasteiger partial charge on any atom is -0.400 e. The summed E-state index contributed by atoms with van der Waals surface area (Å²) in [5.41, 5.74) is 14.1. The highest BCUT2D eigenvalue weighted by atomic mass is 32.1. The van der Waals surface area contributed by atoms with Gasteiger partial charge in [0, 0.05) is 13.3 Å². The van der Waals surface area contributed by atoms with Gasteiger partial charge in [0.15, 0.2) is 5.79 Å². The van der Waals surface area contributed by atoms with Gasteiger partial charge >= 0.3 is 0 Å². The molecule has 266 valence electrons. The molecule has 0 amide bonds. The Bertz CT molecular complexity index is 1320. The molecule has 10 nitrogen and oxygen atoms in total. The number of pyridine rings is 1. The largest absolute Gasteiger partial charge is 0.400 e. The average molecular weight is 675 g/mol. The molecular formula is C36H62N6O4S. The number of terminal acetylenes is 1. The maximum Gasteiger partial charge on any atom is 0.222 e.